The molecule has 0 radical (unpaired) electrons. The van der Waals surface area contributed by atoms with E-state index < -0.39 is 41.8 Å². The maximum atomic E-state index is 12.4. The minimum Gasteiger partial charge on any atom is -0.325 e. The van der Waals surface area contributed by atoms with Crippen LogP contribution in [0.5, 0.6) is 0 Å². The molecule has 1 aliphatic carbocycles. The second kappa shape index (κ2) is 8.49. The quantitative estimate of drug-likeness (QED) is 0.333. The van der Waals surface area contributed by atoms with Crippen molar-refractivity contribution in [2.45, 2.75) is 11.0 Å². The van der Waals surface area contributed by atoms with Gasteiger partial charge < -0.3 is 5.32 Å². The summed E-state index contributed by atoms with van der Waals surface area (Å²) in [6, 6.07) is 8.48. The van der Waals surface area contributed by atoms with E-state index in [1.807, 2.05) is 5.16 Å². The fraction of sp³-hybridized carbons (Fsp3) is 0.176. The van der Waals surface area contributed by atoms with Gasteiger partial charge in [-0.3, -0.25) is 13.9 Å². The van der Waals surface area contributed by atoms with Crippen LogP contribution in [0, 0.1) is 5.92 Å². The van der Waals surface area contributed by atoms with Crippen molar-refractivity contribution >= 4 is 49.6 Å². The van der Waals surface area contributed by atoms with E-state index in [2.05, 4.69) is 22.5 Å². The fourth-order valence-corrected chi connectivity index (χ4v) is 5.87. The lowest BCUT2D eigenvalue weighted by molar-refractivity contribution is -0.118. The van der Waals surface area contributed by atoms with Crippen LogP contribution in [0.4, 0.5) is 0 Å². The highest BCUT2D eigenvalue weighted by atomic mass is 32.3. The molecule has 0 saturated heterocycles. The van der Waals surface area contributed by atoms with Crippen LogP contribution in [-0.4, -0.2) is 41.1 Å². The first-order valence-corrected chi connectivity index (χ1v) is 11.2. The molecular weight excluding hydrogens is 440 g/mol. The Bertz CT molecular complexity index is 1130. The summed E-state index contributed by atoms with van der Waals surface area (Å²) in [5.74, 6) is -2.30. The molecule has 0 saturated carbocycles. The van der Waals surface area contributed by atoms with Crippen LogP contribution in [-0.2, 0) is 25.0 Å². The highest BCUT2D eigenvalue weighted by Crippen LogP contribution is 2.45. The van der Waals surface area contributed by atoms with Gasteiger partial charge in [0.15, 0.2) is 0 Å². The number of thiocarbonyl (C=S) groups is 1. The lowest BCUT2D eigenvalue weighted by atomic mass is 9.93. The molecule has 0 bridgehead atoms. The molecule has 1 aromatic carbocycles. The standard InChI is InChI=1S/C17H16N2O7S3/c1-12(20)19-15-10-9-14(8-7-13-5-3-2-4-6-13)17(28(21,22)23,29(24,25)26)16(15)18-11-27/h2-10,14H,1H3,(H,19,20)(H,21,22,23)(H,24,25,26). The van der Waals surface area contributed by atoms with Crippen molar-refractivity contribution in [1.29, 1.82) is 0 Å². The number of nitrogens with zero attached hydrogens (tertiary/aromatic N) is 1. The zero-order valence-electron chi connectivity index (χ0n) is 14.9. The van der Waals surface area contributed by atoms with Gasteiger partial charge in [0.25, 0.3) is 24.3 Å². The number of carbonyl (C=O) groups is 1. The third-order valence-electron chi connectivity index (χ3n) is 4.02. The Hall–Kier alpha value is -2.47. The Labute approximate surface area is 173 Å². The molecular formula is C17H16N2O7S3. The number of allylic oxidation sites excluding steroid dienone is 3. The van der Waals surface area contributed by atoms with Gasteiger partial charge in [-0.2, -0.15) is 21.8 Å². The molecule has 0 aromatic heterocycles. The summed E-state index contributed by atoms with van der Waals surface area (Å²) in [6.45, 7) is 1.09. The van der Waals surface area contributed by atoms with Gasteiger partial charge in [0, 0.05) is 12.8 Å². The van der Waals surface area contributed by atoms with Gasteiger partial charge in [-0.1, -0.05) is 48.6 Å². The first kappa shape index (κ1) is 22.8. The molecule has 1 amide bonds. The van der Waals surface area contributed by atoms with E-state index >= 15 is 0 Å². The van der Waals surface area contributed by atoms with Crippen LogP contribution < -0.4 is 5.32 Å². The zero-order chi connectivity index (χ0) is 21.9. The van der Waals surface area contributed by atoms with Gasteiger partial charge in [-0.15, -0.1) is 0 Å². The van der Waals surface area contributed by atoms with Gasteiger partial charge in [-0.25, -0.2) is 0 Å². The van der Waals surface area contributed by atoms with Crippen molar-refractivity contribution in [3.05, 3.63) is 65.5 Å². The predicted octanol–water partition coefficient (Wildman–Crippen LogP) is 1.81. The van der Waals surface area contributed by atoms with Gasteiger partial charge in [0.1, 0.15) is 5.70 Å². The van der Waals surface area contributed by atoms with E-state index in [1.54, 1.807) is 30.3 Å². The maximum Gasteiger partial charge on any atom is 0.294 e. The summed E-state index contributed by atoms with van der Waals surface area (Å²) in [5, 5.41) is 4.03. The van der Waals surface area contributed by atoms with Crippen LogP contribution in [0.25, 0.3) is 6.08 Å². The van der Waals surface area contributed by atoms with E-state index in [0.29, 0.717) is 5.56 Å². The largest absolute Gasteiger partial charge is 0.325 e. The second-order valence-electron chi connectivity index (χ2n) is 5.92. The molecule has 0 aliphatic heterocycles. The van der Waals surface area contributed by atoms with Crippen LogP contribution in [0.1, 0.15) is 12.5 Å². The molecule has 1 aliphatic rings. The average Bonchev–Trinajstić information content (AvgIpc) is 2.60. The Morgan fingerprint density at radius 1 is 1.21 bits per heavy atom. The van der Waals surface area contributed by atoms with E-state index in [4.69, 9.17) is 0 Å². The number of nitrogens with one attached hydrogen (secondary N) is 1. The summed E-state index contributed by atoms with van der Waals surface area (Å²) in [6.07, 6.45) is 4.86. The van der Waals surface area contributed by atoms with E-state index in [0.717, 1.165) is 19.1 Å². The molecule has 1 atom stereocenters. The molecule has 12 heteroatoms. The zero-order valence-corrected chi connectivity index (χ0v) is 17.3. The van der Waals surface area contributed by atoms with Crippen LogP contribution in [0.15, 0.2) is 64.9 Å². The van der Waals surface area contributed by atoms with E-state index in [-0.39, 0.29) is 5.70 Å². The number of aliphatic imine (C=N–C) groups is 1. The first-order chi connectivity index (χ1) is 13.4. The minimum absolute atomic E-state index is 0.380. The molecule has 9 nitrogen and oxygen atoms in total. The minimum atomic E-state index is -5.57. The van der Waals surface area contributed by atoms with Crippen molar-refractivity contribution in [1.82, 2.24) is 5.32 Å². The molecule has 0 fully saturated rings. The number of amides is 1. The predicted molar refractivity (Wildman–Crippen MR) is 110 cm³/mol. The normalized spacial score (nSPS) is 19.1. The Kier molecular flexibility index (Phi) is 6.68. The summed E-state index contributed by atoms with van der Waals surface area (Å²) >= 11 is 4.47. The molecule has 1 unspecified atom stereocenters. The number of isothiocyanates is 1. The highest BCUT2D eigenvalue weighted by Gasteiger charge is 2.64. The summed E-state index contributed by atoms with van der Waals surface area (Å²) in [4.78, 5) is 14.9. The van der Waals surface area contributed by atoms with E-state index in [1.165, 1.54) is 12.2 Å². The van der Waals surface area contributed by atoms with Gasteiger partial charge in [0.05, 0.1) is 10.9 Å². The Morgan fingerprint density at radius 3 is 2.28 bits per heavy atom. The van der Waals surface area contributed by atoms with Crippen LogP contribution in [0.2, 0.25) is 0 Å². The first-order valence-electron chi connectivity index (χ1n) is 7.91. The van der Waals surface area contributed by atoms with Crippen LogP contribution in [0.3, 0.4) is 0 Å². The van der Waals surface area contributed by atoms with Crippen molar-refractivity contribution in [2.75, 3.05) is 0 Å². The fourth-order valence-electron chi connectivity index (χ4n) is 2.92. The van der Waals surface area contributed by atoms with Gasteiger partial charge in [-0.05, 0) is 23.9 Å². The molecule has 3 N–H and O–H groups in total. The Balaban J connectivity index is 2.87. The number of rotatable bonds is 6. The van der Waals surface area contributed by atoms with Crippen molar-refractivity contribution < 1.29 is 30.7 Å². The lowest BCUT2D eigenvalue weighted by Gasteiger charge is -2.35. The van der Waals surface area contributed by atoms with Gasteiger partial charge >= 0.3 is 0 Å². The molecule has 0 spiro atoms. The van der Waals surface area contributed by atoms with Crippen LogP contribution >= 0.6 is 12.2 Å². The number of hydrogen-bond donors (Lipinski definition) is 3. The number of benzene rings is 1. The Morgan fingerprint density at radius 2 is 1.79 bits per heavy atom. The number of hydrogen-bond acceptors (Lipinski definition) is 7. The average molecular weight is 457 g/mol. The van der Waals surface area contributed by atoms with Crippen molar-refractivity contribution in [2.24, 2.45) is 10.9 Å². The van der Waals surface area contributed by atoms with E-state index in [9.17, 15) is 30.7 Å². The highest BCUT2D eigenvalue weighted by molar-refractivity contribution is 8.05. The second-order valence-corrected chi connectivity index (χ2v) is 9.55. The van der Waals surface area contributed by atoms with Crippen molar-refractivity contribution in [3.63, 3.8) is 0 Å². The molecule has 1 aromatic rings. The maximum absolute atomic E-state index is 12.4. The molecule has 0 heterocycles. The number of carbonyl (C=O) groups excluding carboxylic acids is 1. The SMILES string of the molecule is CC(=O)NC1=C(N=C=S)C(S(=O)(=O)O)(S(=O)(=O)O)C(C=Cc2ccccc2)C=C1. The molecule has 154 valence electrons. The lowest BCUT2D eigenvalue weighted by Crippen LogP contribution is -2.54. The third kappa shape index (κ3) is 4.42. The summed E-state index contributed by atoms with van der Waals surface area (Å²) in [7, 11) is -11.1. The monoisotopic (exact) mass is 456 g/mol. The summed E-state index contributed by atoms with van der Waals surface area (Å²) < 4.78 is 66.0. The molecule has 2 rings (SSSR count). The third-order valence-corrected chi connectivity index (χ3v) is 7.84. The van der Waals surface area contributed by atoms with Crippen molar-refractivity contribution in [3.8, 4) is 0 Å². The molecule has 29 heavy (non-hydrogen) atoms. The smallest absolute Gasteiger partial charge is 0.294 e. The van der Waals surface area contributed by atoms with Gasteiger partial charge in [0.2, 0.25) is 5.91 Å². The topological polar surface area (TPSA) is 150 Å². The summed E-state index contributed by atoms with van der Waals surface area (Å²) in [5.41, 5.74) is -0.677.